The van der Waals surface area contributed by atoms with Gasteiger partial charge in [0.25, 0.3) is 0 Å². The number of nitrogens with zero attached hydrogens (tertiary/aromatic N) is 1. The quantitative estimate of drug-likeness (QED) is 0.0243. The lowest BCUT2D eigenvalue weighted by molar-refractivity contribution is -0.870. The molecule has 1 amide bonds. The molecule has 0 radical (unpaired) electrons. The second-order valence-electron chi connectivity index (χ2n) is 22.7. The maximum atomic E-state index is 13.0. The van der Waals surface area contributed by atoms with Crippen LogP contribution in [0.25, 0.3) is 0 Å². The first-order valence-corrected chi connectivity index (χ1v) is 33.6. The molecule has 0 aliphatic rings. The molecule has 3 N–H and O–H groups in total. The molecule has 0 aromatic carbocycles. The van der Waals surface area contributed by atoms with Gasteiger partial charge in [0.15, 0.2) is 0 Å². The standard InChI is InChI=1S/C68H123N2O6P/c1-6-8-10-12-14-16-18-20-22-24-26-28-30-31-32-33-34-35-36-37-38-39-40-42-44-46-48-50-52-54-56-58-60-62-68(72)69-66(65-76-77(73,74)75-64-63-70(3,4)5)67(71)61-59-57-55-53-51-49-47-45-43-41-29-27-25-23-21-19-17-15-13-11-9-7-2/h8,10,14,16,20,22,26,28,31-32,43,45,51,53,59,61,66-67,71H,6-7,9,11-13,15,17-19,21,23-25,27,29-30,33-42,44,46-50,52,54-58,60,62-65H2,1-5H3,(H-,69,72,73,74)/p+1/b10-8-,16-14-,22-20-,28-26-,32-31-,45-43+,53-51+,61-59+. The Hall–Kier alpha value is -2.58. The lowest BCUT2D eigenvalue weighted by atomic mass is 10.0. The van der Waals surface area contributed by atoms with Gasteiger partial charge in [-0.05, 0) is 89.9 Å². The Balaban J connectivity index is 4.15. The summed E-state index contributed by atoms with van der Waals surface area (Å²) in [5, 5.41) is 13.9. The summed E-state index contributed by atoms with van der Waals surface area (Å²) in [5.41, 5.74) is 0. The molecule has 0 saturated heterocycles. The van der Waals surface area contributed by atoms with Crippen LogP contribution in [0.4, 0.5) is 0 Å². The third-order valence-corrected chi connectivity index (χ3v) is 15.0. The van der Waals surface area contributed by atoms with Crippen LogP contribution in [-0.4, -0.2) is 73.4 Å². The Kier molecular flexibility index (Phi) is 56.1. The van der Waals surface area contributed by atoms with Crippen molar-refractivity contribution in [3.63, 3.8) is 0 Å². The number of rotatable bonds is 58. The van der Waals surface area contributed by atoms with E-state index in [0.29, 0.717) is 17.4 Å². The molecular weight excluding hydrogens is 972 g/mol. The molecule has 9 heteroatoms. The normalized spacial score (nSPS) is 14.4. The van der Waals surface area contributed by atoms with Crippen LogP contribution in [-0.2, 0) is 18.4 Å². The molecule has 0 aromatic rings. The zero-order chi connectivity index (χ0) is 56.3. The number of phosphoric ester groups is 1. The second kappa shape index (κ2) is 58.1. The number of carbonyl (C=O) groups is 1. The predicted molar refractivity (Wildman–Crippen MR) is 336 cm³/mol. The van der Waals surface area contributed by atoms with Crippen LogP contribution >= 0.6 is 7.82 Å². The highest BCUT2D eigenvalue weighted by Crippen LogP contribution is 2.43. The van der Waals surface area contributed by atoms with Gasteiger partial charge in [-0.1, -0.05) is 278 Å². The topological polar surface area (TPSA) is 105 Å². The molecule has 0 aliphatic carbocycles. The van der Waals surface area contributed by atoms with Gasteiger partial charge in [-0.2, -0.15) is 0 Å². The van der Waals surface area contributed by atoms with E-state index in [1.807, 2.05) is 27.2 Å². The highest BCUT2D eigenvalue weighted by Gasteiger charge is 2.27. The van der Waals surface area contributed by atoms with E-state index in [1.165, 1.54) is 180 Å². The maximum absolute atomic E-state index is 13.0. The van der Waals surface area contributed by atoms with Gasteiger partial charge >= 0.3 is 7.82 Å². The number of hydrogen-bond donors (Lipinski definition) is 3. The Labute approximate surface area is 477 Å². The van der Waals surface area contributed by atoms with Crippen LogP contribution in [0, 0.1) is 0 Å². The van der Waals surface area contributed by atoms with Gasteiger partial charge in [0.05, 0.1) is 39.9 Å². The van der Waals surface area contributed by atoms with E-state index in [4.69, 9.17) is 9.05 Å². The van der Waals surface area contributed by atoms with Crippen LogP contribution in [0.5, 0.6) is 0 Å². The van der Waals surface area contributed by atoms with E-state index < -0.39 is 20.0 Å². The number of likely N-dealkylation sites (N-methyl/N-ethyl adjacent to an activating group) is 1. The van der Waals surface area contributed by atoms with Crippen molar-refractivity contribution in [2.75, 3.05) is 40.9 Å². The van der Waals surface area contributed by atoms with Gasteiger partial charge in [0.1, 0.15) is 13.2 Å². The SMILES string of the molecule is CC/C=C\C/C=C\C/C=C\C/C=C\C/C=C\CCCCCCCCCCCCCCCCCCCC(=O)NC(COP(=O)(O)OCC[N+](C)(C)C)C(O)/C=C/CC/C=C/CC/C=C/CCCCCCCCCCCCCC. The molecule has 8 nitrogen and oxygen atoms in total. The molecule has 0 aliphatic heterocycles. The number of allylic oxidation sites excluding steroid dienone is 15. The third-order valence-electron chi connectivity index (χ3n) is 14.0. The minimum absolute atomic E-state index is 0.0509. The molecule has 0 saturated carbocycles. The predicted octanol–water partition coefficient (Wildman–Crippen LogP) is 20.2. The number of quaternary nitrogens is 1. The number of amides is 1. The molecule has 3 atom stereocenters. The average Bonchev–Trinajstić information content (AvgIpc) is 3.39. The number of aliphatic hydroxyl groups excluding tert-OH is 1. The van der Waals surface area contributed by atoms with Crippen molar-refractivity contribution in [3.05, 3.63) is 97.2 Å². The monoisotopic (exact) mass is 1100 g/mol. The third kappa shape index (κ3) is 60.9. The molecule has 0 aromatic heterocycles. The van der Waals surface area contributed by atoms with E-state index in [1.54, 1.807) is 6.08 Å². The van der Waals surface area contributed by atoms with Crippen LogP contribution < -0.4 is 5.32 Å². The van der Waals surface area contributed by atoms with Gasteiger partial charge < -0.3 is 19.8 Å². The van der Waals surface area contributed by atoms with Crippen molar-refractivity contribution in [2.45, 2.75) is 289 Å². The fourth-order valence-electron chi connectivity index (χ4n) is 9.04. The molecule has 77 heavy (non-hydrogen) atoms. The highest BCUT2D eigenvalue weighted by molar-refractivity contribution is 7.47. The summed E-state index contributed by atoms with van der Waals surface area (Å²) in [6, 6.07) is -0.875. The van der Waals surface area contributed by atoms with Crippen molar-refractivity contribution in [2.24, 2.45) is 0 Å². The molecule has 3 unspecified atom stereocenters. The summed E-state index contributed by atoms with van der Waals surface area (Å²) in [7, 11) is 1.54. The van der Waals surface area contributed by atoms with E-state index in [2.05, 4.69) is 104 Å². The molecule has 0 rings (SSSR count). The summed E-state index contributed by atoms with van der Waals surface area (Å²) in [6.45, 7) is 4.69. The number of aliphatic hydroxyl groups is 1. The lowest BCUT2D eigenvalue weighted by Gasteiger charge is -2.25. The van der Waals surface area contributed by atoms with Gasteiger partial charge in [-0.3, -0.25) is 13.8 Å². The highest BCUT2D eigenvalue weighted by atomic mass is 31.2. The number of carbonyl (C=O) groups excluding carboxylic acids is 1. The first-order chi connectivity index (χ1) is 37.5. The first-order valence-electron chi connectivity index (χ1n) is 32.1. The molecule has 0 spiro atoms. The lowest BCUT2D eigenvalue weighted by Crippen LogP contribution is -2.45. The Morgan fingerprint density at radius 1 is 0.455 bits per heavy atom. The minimum atomic E-state index is -4.37. The van der Waals surface area contributed by atoms with Crippen molar-refractivity contribution in [1.29, 1.82) is 0 Å². The number of hydrogen-bond acceptors (Lipinski definition) is 5. The van der Waals surface area contributed by atoms with E-state index in [0.717, 1.165) is 77.0 Å². The largest absolute Gasteiger partial charge is 0.472 e. The average molecular weight is 1100 g/mol. The summed E-state index contributed by atoms with van der Waals surface area (Å²) < 4.78 is 23.7. The van der Waals surface area contributed by atoms with E-state index in [-0.39, 0.29) is 19.1 Å². The van der Waals surface area contributed by atoms with E-state index in [9.17, 15) is 19.4 Å². The second-order valence-corrected chi connectivity index (χ2v) is 24.2. The van der Waals surface area contributed by atoms with Gasteiger partial charge in [0, 0.05) is 6.42 Å². The Bertz CT molecular complexity index is 1570. The van der Waals surface area contributed by atoms with Crippen molar-refractivity contribution in [1.82, 2.24) is 5.32 Å². The summed E-state index contributed by atoms with van der Waals surface area (Å²) in [4.78, 5) is 23.4. The smallest absolute Gasteiger partial charge is 0.387 e. The summed E-state index contributed by atoms with van der Waals surface area (Å²) in [5.74, 6) is -0.191. The van der Waals surface area contributed by atoms with Gasteiger partial charge in [-0.15, -0.1) is 0 Å². The van der Waals surface area contributed by atoms with Crippen LogP contribution in [0.1, 0.15) is 277 Å². The molecule has 446 valence electrons. The van der Waals surface area contributed by atoms with Crippen LogP contribution in [0.15, 0.2) is 97.2 Å². The van der Waals surface area contributed by atoms with Crippen molar-refractivity contribution in [3.8, 4) is 0 Å². The van der Waals surface area contributed by atoms with Crippen LogP contribution in [0.2, 0.25) is 0 Å². The summed E-state index contributed by atoms with van der Waals surface area (Å²) >= 11 is 0. The van der Waals surface area contributed by atoms with Crippen molar-refractivity contribution < 1.29 is 32.9 Å². The minimum Gasteiger partial charge on any atom is -0.387 e. The number of unbranched alkanes of at least 4 members (excludes halogenated alkanes) is 31. The Morgan fingerprint density at radius 2 is 0.792 bits per heavy atom. The van der Waals surface area contributed by atoms with Crippen LogP contribution in [0.3, 0.4) is 0 Å². The number of phosphoric acid groups is 1. The molecule has 0 heterocycles. The fraction of sp³-hybridized carbons (Fsp3) is 0.750. The number of nitrogens with one attached hydrogen (secondary N) is 1. The summed E-state index contributed by atoms with van der Waals surface area (Å²) in [6.07, 6.45) is 83.9. The van der Waals surface area contributed by atoms with E-state index >= 15 is 0 Å². The maximum Gasteiger partial charge on any atom is 0.472 e. The van der Waals surface area contributed by atoms with Gasteiger partial charge in [0.2, 0.25) is 5.91 Å². The van der Waals surface area contributed by atoms with Crippen molar-refractivity contribution >= 4 is 13.7 Å². The zero-order valence-electron chi connectivity index (χ0n) is 50.9. The fourth-order valence-corrected chi connectivity index (χ4v) is 9.78. The molecular formula is C68H124N2O6P+. The first kappa shape index (κ1) is 74.4. The van der Waals surface area contributed by atoms with Gasteiger partial charge in [-0.25, -0.2) is 4.57 Å². The Morgan fingerprint density at radius 3 is 1.19 bits per heavy atom. The zero-order valence-corrected chi connectivity index (χ0v) is 51.8. The molecule has 0 fully saturated rings. The molecule has 0 bridgehead atoms.